The summed E-state index contributed by atoms with van der Waals surface area (Å²) in [5.74, 6) is 0.201. The zero-order chi connectivity index (χ0) is 14.4. The first kappa shape index (κ1) is 14.8. The van der Waals surface area contributed by atoms with Crippen molar-refractivity contribution in [3.8, 4) is 6.07 Å². The van der Waals surface area contributed by atoms with Gasteiger partial charge in [-0.3, -0.25) is 4.79 Å². The smallest absolute Gasteiger partial charge is 0.154 e. The number of rotatable bonds is 5. The Kier molecular flexibility index (Phi) is 5.35. The fourth-order valence-electron chi connectivity index (χ4n) is 3.15. The molecular formula is C18H23NO. The first-order chi connectivity index (χ1) is 9.70. The standard InChI is InChI=1S/C18H23NO/c1-14-6-5-9-16(12-14)17(13-19)18(20)11-10-15-7-3-2-4-8-15/h5-6,9,12,15,17H,2-4,7-8,10-11H2,1H3. The minimum Gasteiger partial charge on any atom is -0.298 e. The zero-order valence-corrected chi connectivity index (χ0v) is 12.3. The van der Waals surface area contributed by atoms with Gasteiger partial charge in [0.25, 0.3) is 0 Å². The van der Waals surface area contributed by atoms with E-state index in [1.807, 2.05) is 31.2 Å². The topological polar surface area (TPSA) is 40.9 Å². The monoisotopic (exact) mass is 269 g/mol. The van der Waals surface area contributed by atoms with E-state index in [1.54, 1.807) is 0 Å². The molecule has 0 bridgehead atoms. The Labute approximate surface area is 121 Å². The molecule has 0 radical (unpaired) electrons. The number of hydrogen-bond acceptors (Lipinski definition) is 2. The van der Waals surface area contributed by atoms with Gasteiger partial charge in [-0.05, 0) is 24.8 Å². The molecule has 106 valence electrons. The van der Waals surface area contributed by atoms with Gasteiger partial charge >= 0.3 is 0 Å². The maximum Gasteiger partial charge on any atom is 0.154 e. The van der Waals surface area contributed by atoms with Crippen LogP contribution in [-0.2, 0) is 4.79 Å². The third-order valence-corrected chi connectivity index (χ3v) is 4.35. The van der Waals surface area contributed by atoms with Crippen LogP contribution in [0.5, 0.6) is 0 Å². The van der Waals surface area contributed by atoms with E-state index in [9.17, 15) is 10.1 Å². The van der Waals surface area contributed by atoms with Crippen LogP contribution in [0.2, 0.25) is 0 Å². The molecule has 20 heavy (non-hydrogen) atoms. The van der Waals surface area contributed by atoms with Crippen molar-refractivity contribution in [3.63, 3.8) is 0 Å². The first-order valence-electron chi connectivity index (χ1n) is 7.69. The Morgan fingerprint density at radius 1 is 1.35 bits per heavy atom. The van der Waals surface area contributed by atoms with Gasteiger partial charge in [0.05, 0.1) is 6.07 Å². The molecule has 0 amide bonds. The van der Waals surface area contributed by atoms with Crippen molar-refractivity contribution in [3.05, 3.63) is 35.4 Å². The number of aryl methyl sites for hydroxylation is 1. The summed E-state index contributed by atoms with van der Waals surface area (Å²) < 4.78 is 0. The van der Waals surface area contributed by atoms with Gasteiger partial charge in [0.1, 0.15) is 5.92 Å². The van der Waals surface area contributed by atoms with Crippen LogP contribution in [0.4, 0.5) is 0 Å². The maximum absolute atomic E-state index is 12.3. The van der Waals surface area contributed by atoms with Crippen LogP contribution in [0.15, 0.2) is 24.3 Å². The van der Waals surface area contributed by atoms with Gasteiger partial charge in [-0.2, -0.15) is 5.26 Å². The van der Waals surface area contributed by atoms with Crippen molar-refractivity contribution >= 4 is 5.78 Å². The SMILES string of the molecule is Cc1cccc(C(C#N)C(=O)CCC2CCCCC2)c1. The summed E-state index contributed by atoms with van der Waals surface area (Å²) in [4.78, 5) is 12.3. The molecule has 2 heteroatoms. The van der Waals surface area contributed by atoms with Crippen molar-refractivity contribution in [1.29, 1.82) is 5.26 Å². The van der Waals surface area contributed by atoms with Gasteiger partial charge in [-0.25, -0.2) is 0 Å². The molecule has 1 saturated carbocycles. The van der Waals surface area contributed by atoms with Gasteiger partial charge in [0, 0.05) is 6.42 Å². The lowest BCUT2D eigenvalue weighted by Crippen LogP contribution is -2.14. The number of nitriles is 1. The van der Waals surface area contributed by atoms with Gasteiger partial charge in [-0.1, -0.05) is 61.9 Å². The van der Waals surface area contributed by atoms with Crippen molar-refractivity contribution in [1.82, 2.24) is 0 Å². The molecule has 0 aliphatic heterocycles. The van der Waals surface area contributed by atoms with Crippen LogP contribution in [0.1, 0.15) is 62.0 Å². The zero-order valence-electron chi connectivity index (χ0n) is 12.3. The van der Waals surface area contributed by atoms with Crippen molar-refractivity contribution in [2.24, 2.45) is 5.92 Å². The first-order valence-corrected chi connectivity index (χ1v) is 7.69. The van der Waals surface area contributed by atoms with Gasteiger partial charge < -0.3 is 0 Å². The lowest BCUT2D eigenvalue weighted by atomic mass is 9.84. The minimum atomic E-state index is -0.585. The predicted octanol–water partition coefficient (Wildman–Crippen LogP) is 4.53. The number of ketones is 1. The number of benzene rings is 1. The maximum atomic E-state index is 12.3. The summed E-state index contributed by atoms with van der Waals surface area (Å²) in [6, 6.07) is 9.93. The summed E-state index contributed by atoms with van der Waals surface area (Å²) in [5.41, 5.74) is 1.95. The van der Waals surface area contributed by atoms with Crippen LogP contribution in [0.25, 0.3) is 0 Å². The quantitative estimate of drug-likeness (QED) is 0.787. The Hall–Kier alpha value is -1.62. The molecule has 2 nitrogen and oxygen atoms in total. The lowest BCUT2D eigenvalue weighted by Gasteiger charge is -2.21. The van der Waals surface area contributed by atoms with Crippen LogP contribution < -0.4 is 0 Å². The highest BCUT2D eigenvalue weighted by Crippen LogP contribution is 2.29. The second-order valence-electron chi connectivity index (χ2n) is 5.99. The second kappa shape index (κ2) is 7.24. The number of Topliss-reactive ketones (excluding diaryl/α,β-unsaturated/α-hetero) is 1. The van der Waals surface area contributed by atoms with E-state index in [1.165, 1.54) is 32.1 Å². The van der Waals surface area contributed by atoms with Crippen LogP contribution >= 0.6 is 0 Å². The molecule has 0 aromatic heterocycles. The second-order valence-corrected chi connectivity index (χ2v) is 5.99. The average molecular weight is 269 g/mol. The molecule has 1 unspecified atom stereocenters. The fourth-order valence-corrected chi connectivity index (χ4v) is 3.15. The fraction of sp³-hybridized carbons (Fsp3) is 0.556. The highest BCUT2D eigenvalue weighted by Gasteiger charge is 2.22. The molecule has 1 aliphatic rings. The van der Waals surface area contributed by atoms with Crippen LogP contribution in [-0.4, -0.2) is 5.78 Å². The summed E-state index contributed by atoms with van der Waals surface area (Å²) >= 11 is 0. The summed E-state index contributed by atoms with van der Waals surface area (Å²) in [6.45, 7) is 1.99. The molecule has 0 spiro atoms. The Morgan fingerprint density at radius 2 is 2.10 bits per heavy atom. The molecule has 2 rings (SSSR count). The lowest BCUT2D eigenvalue weighted by molar-refractivity contribution is -0.119. The third-order valence-electron chi connectivity index (χ3n) is 4.35. The molecule has 1 atom stereocenters. The molecule has 1 aliphatic carbocycles. The van der Waals surface area contributed by atoms with E-state index < -0.39 is 5.92 Å². The van der Waals surface area contributed by atoms with E-state index in [-0.39, 0.29) is 5.78 Å². The third kappa shape index (κ3) is 3.93. The highest BCUT2D eigenvalue weighted by atomic mass is 16.1. The van der Waals surface area contributed by atoms with Crippen molar-refractivity contribution in [2.45, 2.75) is 57.8 Å². The molecule has 0 saturated heterocycles. The number of carbonyl (C=O) groups is 1. The van der Waals surface area contributed by atoms with Crippen molar-refractivity contribution in [2.75, 3.05) is 0 Å². The highest BCUT2D eigenvalue weighted by molar-refractivity contribution is 5.88. The number of nitrogens with zero attached hydrogens (tertiary/aromatic N) is 1. The normalized spacial score (nSPS) is 17.4. The minimum absolute atomic E-state index is 0.0867. The molecule has 1 fully saturated rings. The molecular weight excluding hydrogens is 246 g/mol. The summed E-state index contributed by atoms with van der Waals surface area (Å²) in [5, 5.41) is 9.31. The Balaban J connectivity index is 1.94. The van der Waals surface area contributed by atoms with E-state index in [0.717, 1.165) is 17.5 Å². The Morgan fingerprint density at radius 3 is 2.75 bits per heavy atom. The van der Waals surface area contributed by atoms with Crippen LogP contribution in [0.3, 0.4) is 0 Å². The summed E-state index contributed by atoms with van der Waals surface area (Å²) in [7, 11) is 0. The molecule has 1 aromatic carbocycles. The summed E-state index contributed by atoms with van der Waals surface area (Å²) in [6.07, 6.45) is 7.98. The number of carbonyl (C=O) groups excluding carboxylic acids is 1. The van der Waals surface area contributed by atoms with Gasteiger partial charge in [-0.15, -0.1) is 0 Å². The van der Waals surface area contributed by atoms with Gasteiger partial charge in [0.2, 0.25) is 0 Å². The van der Waals surface area contributed by atoms with Crippen molar-refractivity contribution < 1.29 is 4.79 Å². The van der Waals surface area contributed by atoms with E-state index >= 15 is 0 Å². The Bertz CT molecular complexity index is 494. The average Bonchev–Trinajstić information content (AvgIpc) is 2.47. The number of hydrogen-bond donors (Lipinski definition) is 0. The largest absolute Gasteiger partial charge is 0.298 e. The van der Waals surface area contributed by atoms with E-state index in [0.29, 0.717) is 12.3 Å². The molecule has 0 N–H and O–H groups in total. The van der Waals surface area contributed by atoms with E-state index in [2.05, 4.69) is 6.07 Å². The molecule has 0 heterocycles. The van der Waals surface area contributed by atoms with Gasteiger partial charge in [0.15, 0.2) is 5.78 Å². The van der Waals surface area contributed by atoms with Crippen LogP contribution in [0, 0.1) is 24.2 Å². The van der Waals surface area contributed by atoms with E-state index in [4.69, 9.17) is 0 Å². The predicted molar refractivity (Wildman–Crippen MR) is 80.3 cm³/mol. The molecule has 1 aromatic rings.